The molecular formula is C14H27N3O4. The first-order chi connectivity index (χ1) is 9.50. The Morgan fingerprint density at radius 2 is 1.71 bits per heavy atom. The standard InChI is InChI=1S/C14H27N3O4/c1-7-8-17(9-10(18)16(5)6)13(21)15-11(12(19)20)14(2,3)4/h11H,7-9H2,1-6H3,(H,15,21)(H,19,20)/t11-/m1/s1. The molecule has 7 nitrogen and oxygen atoms in total. The highest BCUT2D eigenvalue weighted by Gasteiger charge is 2.34. The van der Waals surface area contributed by atoms with Gasteiger partial charge in [0.25, 0.3) is 0 Å². The van der Waals surface area contributed by atoms with Crippen molar-refractivity contribution in [1.82, 2.24) is 15.1 Å². The second-order valence-corrected chi connectivity index (χ2v) is 6.30. The highest BCUT2D eigenvalue weighted by atomic mass is 16.4. The topological polar surface area (TPSA) is 90.0 Å². The Hall–Kier alpha value is -1.79. The Bertz CT molecular complexity index is 388. The minimum Gasteiger partial charge on any atom is -0.480 e. The molecule has 0 rings (SSSR count). The maximum atomic E-state index is 12.2. The van der Waals surface area contributed by atoms with Crippen molar-refractivity contribution in [3.8, 4) is 0 Å². The van der Waals surface area contributed by atoms with Gasteiger partial charge in [0.2, 0.25) is 5.91 Å². The van der Waals surface area contributed by atoms with Crippen LogP contribution in [0.3, 0.4) is 0 Å². The first kappa shape index (κ1) is 19.2. The van der Waals surface area contributed by atoms with E-state index in [0.29, 0.717) is 13.0 Å². The number of rotatable bonds is 6. The molecule has 0 heterocycles. The van der Waals surface area contributed by atoms with Gasteiger partial charge in [0.15, 0.2) is 0 Å². The van der Waals surface area contributed by atoms with E-state index in [4.69, 9.17) is 0 Å². The summed E-state index contributed by atoms with van der Waals surface area (Å²) in [6.45, 7) is 7.42. The summed E-state index contributed by atoms with van der Waals surface area (Å²) in [6.07, 6.45) is 0.682. The SMILES string of the molecule is CCCN(CC(=O)N(C)C)C(=O)N[C@H](C(=O)O)C(C)(C)C. The molecule has 21 heavy (non-hydrogen) atoms. The summed E-state index contributed by atoms with van der Waals surface area (Å²) in [5, 5.41) is 11.7. The summed E-state index contributed by atoms with van der Waals surface area (Å²) in [6, 6.07) is -1.55. The van der Waals surface area contributed by atoms with Crippen LogP contribution in [0.15, 0.2) is 0 Å². The van der Waals surface area contributed by atoms with Gasteiger partial charge in [0.1, 0.15) is 12.6 Å². The Labute approximate surface area is 126 Å². The molecule has 0 aromatic carbocycles. The molecule has 0 saturated heterocycles. The van der Waals surface area contributed by atoms with Crippen LogP contribution in [0.4, 0.5) is 4.79 Å². The number of nitrogens with one attached hydrogen (secondary N) is 1. The molecule has 3 amide bonds. The minimum atomic E-state index is -1.09. The number of aliphatic carboxylic acids is 1. The summed E-state index contributed by atoms with van der Waals surface area (Å²) < 4.78 is 0. The van der Waals surface area contributed by atoms with Gasteiger partial charge in [-0.3, -0.25) is 4.79 Å². The van der Waals surface area contributed by atoms with Crippen molar-refractivity contribution >= 4 is 17.9 Å². The van der Waals surface area contributed by atoms with Crippen LogP contribution < -0.4 is 5.32 Å². The molecule has 7 heteroatoms. The van der Waals surface area contributed by atoms with Crippen molar-refractivity contribution in [2.75, 3.05) is 27.2 Å². The number of likely N-dealkylation sites (N-methyl/N-ethyl adjacent to an activating group) is 1. The summed E-state index contributed by atoms with van der Waals surface area (Å²) >= 11 is 0. The monoisotopic (exact) mass is 301 g/mol. The maximum Gasteiger partial charge on any atom is 0.326 e. The molecule has 0 fully saturated rings. The number of hydrogen-bond acceptors (Lipinski definition) is 3. The van der Waals surface area contributed by atoms with Gasteiger partial charge in [-0.25, -0.2) is 9.59 Å². The Morgan fingerprint density at radius 3 is 2.05 bits per heavy atom. The number of carbonyl (C=O) groups excluding carboxylic acids is 2. The Balaban J connectivity index is 4.96. The largest absolute Gasteiger partial charge is 0.480 e. The fourth-order valence-electron chi connectivity index (χ4n) is 1.69. The number of amides is 3. The van der Waals surface area contributed by atoms with Crippen LogP contribution in [0.2, 0.25) is 0 Å². The third-order valence-corrected chi connectivity index (χ3v) is 2.99. The van der Waals surface area contributed by atoms with Crippen molar-refractivity contribution in [3.63, 3.8) is 0 Å². The van der Waals surface area contributed by atoms with Crippen molar-refractivity contribution in [2.45, 2.75) is 40.2 Å². The molecule has 122 valence electrons. The fraction of sp³-hybridized carbons (Fsp3) is 0.786. The number of carbonyl (C=O) groups is 3. The lowest BCUT2D eigenvalue weighted by molar-refractivity contribution is -0.142. The van der Waals surface area contributed by atoms with E-state index in [0.717, 1.165) is 0 Å². The van der Waals surface area contributed by atoms with Gasteiger partial charge in [0.05, 0.1) is 0 Å². The predicted molar refractivity (Wildman–Crippen MR) is 80.0 cm³/mol. The van der Waals surface area contributed by atoms with E-state index in [-0.39, 0.29) is 12.5 Å². The van der Waals surface area contributed by atoms with Crippen molar-refractivity contribution in [1.29, 1.82) is 0 Å². The second-order valence-electron chi connectivity index (χ2n) is 6.30. The summed E-state index contributed by atoms with van der Waals surface area (Å²) in [7, 11) is 3.22. The first-order valence-electron chi connectivity index (χ1n) is 6.99. The maximum absolute atomic E-state index is 12.2. The molecule has 0 aliphatic heterocycles. The van der Waals surface area contributed by atoms with Crippen molar-refractivity contribution < 1.29 is 19.5 Å². The Morgan fingerprint density at radius 1 is 1.19 bits per heavy atom. The molecule has 0 spiro atoms. The zero-order chi connectivity index (χ0) is 16.8. The molecular weight excluding hydrogens is 274 g/mol. The van der Waals surface area contributed by atoms with Gasteiger partial charge in [-0.1, -0.05) is 27.7 Å². The van der Waals surface area contributed by atoms with Crippen LogP contribution >= 0.6 is 0 Å². The smallest absolute Gasteiger partial charge is 0.326 e. The lowest BCUT2D eigenvalue weighted by atomic mass is 9.87. The second kappa shape index (κ2) is 7.85. The number of carboxylic acids is 1. The molecule has 0 aliphatic carbocycles. The fourth-order valence-corrected chi connectivity index (χ4v) is 1.69. The molecule has 0 bridgehead atoms. The van der Waals surface area contributed by atoms with Gasteiger partial charge in [-0.15, -0.1) is 0 Å². The minimum absolute atomic E-state index is 0.0663. The highest BCUT2D eigenvalue weighted by molar-refractivity contribution is 5.86. The highest BCUT2D eigenvalue weighted by Crippen LogP contribution is 2.19. The van der Waals surface area contributed by atoms with E-state index in [1.807, 2.05) is 6.92 Å². The molecule has 2 N–H and O–H groups in total. The van der Waals surface area contributed by atoms with Gasteiger partial charge < -0.3 is 20.2 Å². The van der Waals surface area contributed by atoms with Crippen LogP contribution in [0.25, 0.3) is 0 Å². The van der Waals surface area contributed by atoms with Crippen LogP contribution in [-0.4, -0.2) is 66.0 Å². The van der Waals surface area contributed by atoms with Crippen LogP contribution in [0.1, 0.15) is 34.1 Å². The van der Waals surface area contributed by atoms with Crippen LogP contribution in [0.5, 0.6) is 0 Å². The average Bonchev–Trinajstić information content (AvgIpc) is 2.32. The van der Waals surface area contributed by atoms with E-state index >= 15 is 0 Å². The van der Waals surface area contributed by atoms with Crippen LogP contribution in [0, 0.1) is 5.41 Å². The molecule has 0 unspecified atom stereocenters. The first-order valence-corrected chi connectivity index (χ1v) is 6.99. The van der Waals surface area contributed by atoms with Gasteiger partial charge in [-0.2, -0.15) is 0 Å². The van der Waals surface area contributed by atoms with Crippen LogP contribution in [-0.2, 0) is 9.59 Å². The van der Waals surface area contributed by atoms with Gasteiger partial charge >= 0.3 is 12.0 Å². The van der Waals surface area contributed by atoms with E-state index in [1.54, 1.807) is 34.9 Å². The molecule has 0 radical (unpaired) electrons. The van der Waals surface area contributed by atoms with Gasteiger partial charge in [-0.05, 0) is 11.8 Å². The number of carboxylic acid groups (broad SMARTS) is 1. The molecule has 1 atom stereocenters. The van der Waals surface area contributed by atoms with Gasteiger partial charge in [0, 0.05) is 20.6 Å². The lowest BCUT2D eigenvalue weighted by Gasteiger charge is -2.31. The Kier molecular flexibility index (Phi) is 7.18. The predicted octanol–water partition coefficient (Wildman–Crippen LogP) is 0.996. The third-order valence-electron chi connectivity index (χ3n) is 2.99. The van der Waals surface area contributed by atoms with E-state index in [9.17, 15) is 19.5 Å². The third kappa shape index (κ3) is 6.46. The van der Waals surface area contributed by atoms with E-state index < -0.39 is 23.5 Å². The summed E-state index contributed by atoms with van der Waals surface area (Å²) in [5.74, 6) is -1.30. The van der Waals surface area contributed by atoms with E-state index in [1.165, 1.54) is 9.80 Å². The molecule has 0 aliphatic rings. The molecule has 0 aromatic rings. The zero-order valence-electron chi connectivity index (χ0n) is 13.8. The number of urea groups is 1. The lowest BCUT2D eigenvalue weighted by Crippen LogP contribution is -2.54. The van der Waals surface area contributed by atoms with Crippen molar-refractivity contribution in [2.24, 2.45) is 5.41 Å². The number of hydrogen-bond donors (Lipinski definition) is 2. The summed E-state index contributed by atoms with van der Waals surface area (Å²) in [4.78, 5) is 38.0. The van der Waals surface area contributed by atoms with E-state index in [2.05, 4.69) is 5.32 Å². The zero-order valence-corrected chi connectivity index (χ0v) is 13.8. The molecule has 0 saturated carbocycles. The van der Waals surface area contributed by atoms with Crippen molar-refractivity contribution in [3.05, 3.63) is 0 Å². The normalized spacial score (nSPS) is 12.5. The summed E-state index contributed by atoms with van der Waals surface area (Å²) in [5.41, 5.74) is -0.620. The number of nitrogens with zero attached hydrogens (tertiary/aromatic N) is 2. The molecule has 0 aromatic heterocycles. The quantitative estimate of drug-likeness (QED) is 0.765. The average molecular weight is 301 g/mol.